The van der Waals surface area contributed by atoms with Gasteiger partial charge in [-0.2, -0.15) is 0 Å². The number of amides is 1. The summed E-state index contributed by atoms with van der Waals surface area (Å²) in [4.78, 5) is 13.9. The van der Waals surface area contributed by atoms with Gasteiger partial charge in [-0.1, -0.05) is 34.1 Å². The molecule has 3 nitrogen and oxygen atoms in total. The third-order valence-corrected chi connectivity index (χ3v) is 4.05. The van der Waals surface area contributed by atoms with Gasteiger partial charge < -0.3 is 5.32 Å². The first-order valence-corrected chi connectivity index (χ1v) is 6.98. The molecule has 18 heavy (non-hydrogen) atoms. The second kappa shape index (κ2) is 4.48. The van der Waals surface area contributed by atoms with E-state index in [4.69, 9.17) is 12.2 Å². The molecule has 0 spiro atoms. The van der Waals surface area contributed by atoms with Gasteiger partial charge in [-0.15, -0.1) is 0 Å². The molecule has 5 heteroatoms. The zero-order valence-corrected chi connectivity index (χ0v) is 11.9. The average molecular weight is 323 g/mol. The minimum absolute atomic E-state index is 0.0155. The van der Waals surface area contributed by atoms with Gasteiger partial charge in [0.15, 0.2) is 5.11 Å². The maximum atomic E-state index is 12.2. The van der Waals surface area contributed by atoms with Gasteiger partial charge in [0.1, 0.15) is 5.70 Å². The molecule has 0 aromatic heterocycles. The fraction of sp³-hybridized carbons (Fsp3) is 0.231. The summed E-state index contributed by atoms with van der Waals surface area (Å²) in [5.74, 6) is -0.0155. The fourth-order valence-corrected chi connectivity index (χ4v) is 2.70. The Morgan fingerprint density at radius 2 is 2.11 bits per heavy atom. The Hall–Kier alpha value is -1.20. The van der Waals surface area contributed by atoms with Crippen molar-refractivity contribution in [3.8, 4) is 0 Å². The molecule has 0 unspecified atom stereocenters. The standard InChI is InChI=1S/C13H11BrN2OS/c14-10-4-2-1-3-8(10)7-11-12(17)16(9-5-6-9)13(18)15-11/h1-4,7,9H,5-6H2,(H,15,18)/b11-7+. The van der Waals surface area contributed by atoms with E-state index in [2.05, 4.69) is 21.2 Å². The van der Waals surface area contributed by atoms with Crippen LogP contribution >= 0.6 is 28.1 Å². The molecule has 1 aliphatic heterocycles. The van der Waals surface area contributed by atoms with Crippen LogP contribution < -0.4 is 5.32 Å². The zero-order chi connectivity index (χ0) is 12.7. The quantitative estimate of drug-likeness (QED) is 0.671. The van der Waals surface area contributed by atoms with E-state index in [9.17, 15) is 4.79 Å². The molecule has 1 aromatic rings. The number of nitrogens with zero attached hydrogens (tertiary/aromatic N) is 1. The maximum Gasteiger partial charge on any atom is 0.276 e. The van der Waals surface area contributed by atoms with E-state index in [1.807, 2.05) is 30.3 Å². The molecule has 1 saturated heterocycles. The van der Waals surface area contributed by atoms with Crippen LogP contribution in [0, 0.1) is 0 Å². The number of nitrogens with one attached hydrogen (secondary N) is 1. The van der Waals surface area contributed by atoms with Crippen molar-refractivity contribution in [2.45, 2.75) is 18.9 Å². The van der Waals surface area contributed by atoms with E-state index in [1.165, 1.54) is 0 Å². The van der Waals surface area contributed by atoms with Crippen molar-refractivity contribution in [3.05, 3.63) is 40.0 Å². The molecule has 1 N–H and O–H groups in total. The highest BCUT2D eigenvalue weighted by molar-refractivity contribution is 9.10. The molecule has 2 fully saturated rings. The lowest BCUT2D eigenvalue weighted by Gasteiger charge is -2.11. The summed E-state index contributed by atoms with van der Waals surface area (Å²) in [6.45, 7) is 0. The lowest BCUT2D eigenvalue weighted by molar-refractivity contribution is -0.122. The molecule has 0 bridgehead atoms. The smallest absolute Gasteiger partial charge is 0.276 e. The second-order valence-corrected chi connectivity index (χ2v) is 5.66. The van der Waals surface area contributed by atoms with Crippen LogP contribution in [0.5, 0.6) is 0 Å². The number of hydrogen-bond acceptors (Lipinski definition) is 2. The number of hydrogen-bond donors (Lipinski definition) is 1. The Morgan fingerprint density at radius 3 is 2.78 bits per heavy atom. The van der Waals surface area contributed by atoms with Crippen molar-refractivity contribution in [1.29, 1.82) is 0 Å². The monoisotopic (exact) mass is 322 g/mol. The molecular formula is C13H11BrN2OS. The Kier molecular flexibility index (Phi) is 2.95. The molecule has 2 aliphatic rings. The molecule has 0 radical (unpaired) electrons. The molecule has 1 aliphatic carbocycles. The van der Waals surface area contributed by atoms with Crippen LogP contribution in [-0.4, -0.2) is 22.0 Å². The summed E-state index contributed by atoms with van der Waals surface area (Å²) < 4.78 is 0.961. The highest BCUT2D eigenvalue weighted by atomic mass is 79.9. The summed E-state index contributed by atoms with van der Waals surface area (Å²) >= 11 is 8.67. The molecule has 1 heterocycles. The van der Waals surface area contributed by atoms with E-state index >= 15 is 0 Å². The SMILES string of the molecule is O=C1/C(=C\c2ccccc2Br)NC(=S)N1C1CC1. The average Bonchev–Trinajstić information content (AvgIpc) is 3.11. The summed E-state index contributed by atoms with van der Waals surface area (Å²) in [7, 11) is 0. The Morgan fingerprint density at radius 1 is 1.39 bits per heavy atom. The van der Waals surface area contributed by atoms with Gasteiger partial charge in [-0.25, -0.2) is 0 Å². The van der Waals surface area contributed by atoms with Crippen LogP contribution in [0.15, 0.2) is 34.4 Å². The minimum Gasteiger partial charge on any atom is -0.328 e. The summed E-state index contributed by atoms with van der Waals surface area (Å²) in [6, 6.07) is 8.09. The van der Waals surface area contributed by atoms with Gasteiger partial charge in [-0.3, -0.25) is 9.69 Å². The second-order valence-electron chi connectivity index (χ2n) is 4.42. The van der Waals surface area contributed by atoms with Crippen LogP contribution in [0.1, 0.15) is 18.4 Å². The van der Waals surface area contributed by atoms with E-state index in [0.717, 1.165) is 22.9 Å². The first-order valence-electron chi connectivity index (χ1n) is 5.77. The molecule has 1 aromatic carbocycles. The zero-order valence-electron chi connectivity index (χ0n) is 9.52. The lowest BCUT2D eigenvalue weighted by Crippen LogP contribution is -2.32. The van der Waals surface area contributed by atoms with Crippen molar-refractivity contribution in [1.82, 2.24) is 10.2 Å². The third kappa shape index (κ3) is 2.08. The van der Waals surface area contributed by atoms with Crippen LogP contribution in [0.2, 0.25) is 0 Å². The Bertz CT molecular complexity index is 566. The van der Waals surface area contributed by atoms with E-state index in [1.54, 1.807) is 4.90 Å². The van der Waals surface area contributed by atoms with Gasteiger partial charge in [0.05, 0.1) is 0 Å². The van der Waals surface area contributed by atoms with E-state index < -0.39 is 0 Å². The summed E-state index contributed by atoms with van der Waals surface area (Å²) in [6.07, 6.45) is 3.94. The fourth-order valence-electron chi connectivity index (χ4n) is 1.96. The largest absolute Gasteiger partial charge is 0.328 e. The Labute approximate surface area is 119 Å². The number of carbonyl (C=O) groups excluding carboxylic acids is 1. The highest BCUT2D eigenvalue weighted by Crippen LogP contribution is 2.31. The molecular weight excluding hydrogens is 312 g/mol. The number of carbonyl (C=O) groups is 1. The van der Waals surface area contributed by atoms with E-state index in [-0.39, 0.29) is 5.91 Å². The maximum absolute atomic E-state index is 12.2. The number of benzene rings is 1. The van der Waals surface area contributed by atoms with Crippen molar-refractivity contribution in [2.75, 3.05) is 0 Å². The topological polar surface area (TPSA) is 32.3 Å². The molecule has 92 valence electrons. The molecule has 1 amide bonds. The first-order chi connectivity index (χ1) is 8.66. The van der Waals surface area contributed by atoms with Crippen LogP contribution in [-0.2, 0) is 4.79 Å². The molecule has 0 atom stereocenters. The van der Waals surface area contributed by atoms with Crippen LogP contribution in [0.4, 0.5) is 0 Å². The first kappa shape index (κ1) is 11.9. The molecule has 3 rings (SSSR count). The van der Waals surface area contributed by atoms with E-state index in [0.29, 0.717) is 16.9 Å². The van der Waals surface area contributed by atoms with Gasteiger partial charge in [0.25, 0.3) is 5.91 Å². The third-order valence-electron chi connectivity index (χ3n) is 3.03. The molecule has 1 saturated carbocycles. The van der Waals surface area contributed by atoms with Crippen molar-refractivity contribution >= 4 is 45.2 Å². The van der Waals surface area contributed by atoms with Gasteiger partial charge >= 0.3 is 0 Å². The Balaban J connectivity index is 1.92. The van der Waals surface area contributed by atoms with Crippen LogP contribution in [0.3, 0.4) is 0 Å². The number of rotatable bonds is 2. The van der Waals surface area contributed by atoms with Gasteiger partial charge in [-0.05, 0) is 42.8 Å². The summed E-state index contributed by atoms with van der Waals surface area (Å²) in [5.41, 5.74) is 1.52. The normalized spacial score (nSPS) is 21.6. The summed E-state index contributed by atoms with van der Waals surface area (Å²) in [5, 5.41) is 3.53. The highest BCUT2D eigenvalue weighted by Gasteiger charge is 2.41. The van der Waals surface area contributed by atoms with Crippen molar-refractivity contribution in [3.63, 3.8) is 0 Å². The predicted octanol–water partition coefficient (Wildman–Crippen LogP) is 2.67. The number of thiocarbonyl (C=S) groups is 1. The van der Waals surface area contributed by atoms with Gasteiger partial charge in [0.2, 0.25) is 0 Å². The number of halogens is 1. The lowest BCUT2D eigenvalue weighted by atomic mass is 10.2. The minimum atomic E-state index is -0.0155. The van der Waals surface area contributed by atoms with Crippen LogP contribution in [0.25, 0.3) is 6.08 Å². The van der Waals surface area contributed by atoms with Crippen molar-refractivity contribution in [2.24, 2.45) is 0 Å². The van der Waals surface area contributed by atoms with Crippen molar-refractivity contribution < 1.29 is 4.79 Å². The van der Waals surface area contributed by atoms with Gasteiger partial charge in [0, 0.05) is 10.5 Å². The predicted molar refractivity (Wildman–Crippen MR) is 77.7 cm³/mol.